The smallest absolute Gasteiger partial charge is 0.258 e. The first-order valence-electron chi connectivity index (χ1n) is 5.47. The lowest BCUT2D eigenvalue weighted by Crippen LogP contribution is -1.85. The molecule has 2 rings (SSSR count). The third-order valence-corrected chi connectivity index (χ3v) is 2.25. The molecule has 0 atom stereocenters. The molecule has 0 saturated carbocycles. The van der Waals surface area contributed by atoms with E-state index in [-0.39, 0.29) is 5.69 Å². The van der Waals surface area contributed by atoms with Gasteiger partial charge in [0.05, 0.1) is 16.7 Å². The second-order valence-electron chi connectivity index (χ2n) is 3.58. The summed E-state index contributed by atoms with van der Waals surface area (Å²) in [5, 5.41) is 18.0. The van der Waals surface area contributed by atoms with E-state index < -0.39 is 4.92 Å². The van der Waals surface area contributed by atoms with Crippen molar-refractivity contribution in [1.82, 2.24) is 0 Å². The van der Waals surface area contributed by atoms with Gasteiger partial charge < -0.3 is 0 Å². The van der Waals surface area contributed by atoms with Crippen LogP contribution in [0.1, 0.15) is 5.56 Å². The van der Waals surface area contributed by atoms with Gasteiger partial charge in [-0.2, -0.15) is 0 Å². The van der Waals surface area contributed by atoms with Crippen LogP contribution in [0.15, 0.2) is 64.8 Å². The molecule has 0 unspecified atom stereocenters. The fraction of sp³-hybridized carbons (Fsp3) is 0. The Morgan fingerprint density at radius 1 is 1.00 bits per heavy atom. The molecule has 0 saturated heterocycles. The van der Waals surface area contributed by atoms with E-state index in [9.17, 15) is 10.1 Å². The second-order valence-corrected chi connectivity index (χ2v) is 3.58. The molecule has 92 valence electrons. The number of nitrogens with zero attached hydrogens (tertiary/aromatic N) is 3. The zero-order valence-electron chi connectivity index (χ0n) is 9.85. The third-order valence-electron chi connectivity index (χ3n) is 2.25. The van der Waals surface area contributed by atoms with E-state index in [0.29, 0.717) is 5.69 Å². The minimum Gasteiger partial charge on any atom is -0.258 e. The summed E-state index contributed by atoms with van der Waals surface area (Å²) < 4.78 is 0. The van der Waals surface area contributed by atoms with Crippen molar-refractivity contribution in [3.8, 4) is 12.0 Å². The Kier molecular flexibility index (Phi) is 3.98. The molecule has 0 aliphatic rings. The molecular weight excluding hydrogens is 242 g/mol. The van der Waals surface area contributed by atoms with Crippen LogP contribution in [0.25, 0.3) is 0 Å². The first-order valence-corrected chi connectivity index (χ1v) is 5.47. The molecule has 0 bridgehead atoms. The van der Waals surface area contributed by atoms with Crippen LogP contribution in [0.4, 0.5) is 11.4 Å². The van der Waals surface area contributed by atoms with Gasteiger partial charge in [0.2, 0.25) is 0 Å². The second kappa shape index (κ2) is 6.07. The minimum atomic E-state index is -0.462. The number of hydrogen-bond acceptors (Lipinski definition) is 4. The van der Waals surface area contributed by atoms with Gasteiger partial charge in [0.25, 0.3) is 5.69 Å². The summed E-state index contributed by atoms with van der Waals surface area (Å²) in [4.78, 5) is 10.00. The van der Waals surface area contributed by atoms with Crippen molar-refractivity contribution in [3.05, 3.63) is 70.3 Å². The van der Waals surface area contributed by atoms with Crippen molar-refractivity contribution in [2.45, 2.75) is 0 Å². The number of rotatable bonds is 2. The quantitative estimate of drug-likeness (QED) is 0.353. The van der Waals surface area contributed by atoms with Gasteiger partial charge in [-0.15, -0.1) is 5.11 Å². The van der Waals surface area contributed by atoms with E-state index in [2.05, 4.69) is 22.2 Å². The van der Waals surface area contributed by atoms with Gasteiger partial charge in [-0.05, 0) is 30.2 Å². The number of nitro groups is 1. The number of nitro benzene ring substituents is 1. The highest BCUT2D eigenvalue weighted by molar-refractivity contribution is 5.43. The molecule has 5 nitrogen and oxygen atoms in total. The van der Waals surface area contributed by atoms with Crippen molar-refractivity contribution >= 4 is 11.4 Å². The van der Waals surface area contributed by atoms with Gasteiger partial charge in [-0.3, -0.25) is 10.1 Å². The number of non-ortho nitro benzene ring substituents is 1. The Morgan fingerprint density at radius 2 is 1.68 bits per heavy atom. The van der Waals surface area contributed by atoms with Crippen LogP contribution in [0.5, 0.6) is 0 Å². The number of benzene rings is 2. The molecule has 0 amide bonds. The van der Waals surface area contributed by atoms with Crippen LogP contribution in [-0.4, -0.2) is 4.92 Å². The number of hydrogen-bond donors (Lipinski definition) is 0. The lowest BCUT2D eigenvalue weighted by atomic mass is 10.2. The third kappa shape index (κ3) is 3.75. The molecule has 2 aromatic carbocycles. The molecule has 0 aliphatic heterocycles. The first kappa shape index (κ1) is 12.5. The molecular formula is C14H9N3O2. The summed E-state index contributed by atoms with van der Waals surface area (Å²) in [7, 11) is 0. The zero-order chi connectivity index (χ0) is 13.5. The SMILES string of the molecule is O=[N+]([O-])c1ccc(N=NC#Cc2ccccc2)cc1. The van der Waals surface area contributed by atoms with Crippen LogP contribution < -0.4 is 0 Å². The van der Waals surface area contributed by atoms with Gasteiger partial charge in [-0.1, -0.05) is 23.3 Å². The Hall–Kier alpha value is -3.00. The van der Waals surface area contributed by atoms with E-state index in [0.717, 1.165) is 5.56 Å². The fourth-order valence-electron chi connectivity index (χ4n) is 1.33. The van der Waals surface area contributed by atoms with Crippen molar-refractivity contribution < 1.29 is 4.92 Å². The predicted octanol–water partition coefficient (Wildman–Crippen LogP) is 3.69. The fourth-order valence-corrected chi connectivity index (χ4v) is 1.33. The number of azo groups is 1. The standard InChI is InChI=1S/C14H9N3O2/c18-17(19)14-8-6-13(7-9-14)16-15-11-10-12-4-2-1-3-5-12/h1-9H. The highest BCUT2D eigenvalue weighted by atomic mass is 16.6. The predicted molar refractivity (Wildman–Crippen MR) is 70.9 cm³/mol. The van der Waals surface area contributed by atoms with Crippen LogP contribution in [0.3, 0.4) is 0 Å². The van der Waals surface area contributed by atoms with Crippen LogP contribution in [0, 0.1) is 22.1 Å². The minimum absolute atomic E-state index is 0.0225. The van der Waals surface area contributed by atoms with E-state index in [4.69, 9.17) is 0 Å². The maximum atomic E-state index is 10.5. The molecule has 2 aromatic rings. The lowest BCUT2D eigenvalue weighted by Gasteiger charge is -1.90. The average Bonchev–Trinajstić information content (AvgIpc) is 2.45. The molecule has 0 radical (unpaired) electrons. The topological polar surface area (TPSA) is 67.9 Å². The highest BCUT2D eigenvalue weighted by Crippen LogP contribution is 2.17. The van der Waals surface area contributed by atoms with Gasteiger partial charge >= 0.3 is 0 Å². The summed E-state index contributed by atoms with van der Waals surface area (Å²) in [6.07, 6.45) is 0. The van der Waals surface area contributed by atoms with Crippen LogP contribution >= 0.6 is 0 Å². The summed E-state index contributed by atoms with van der Waals surface area (Å²) in [6, 6.07) is 17.8. The molecule has 0 aliphatic carbocycles. The van der Waals surface area contributed by atoms with Gasteiger partial charge in [-0.25, -0.2) is 0 Å². The Labute approximate surface area is 109 Å². The normalized spacial score (nSPS) is 9.89. The Morgan fingerprint density at radius 3 is 2.32 bits per heavy atom. The lowest BCUT2D eigenvalue weighted by molar-refractivity contribution is -0.384. The van der Waals surface area contributed by atoms with Gasteiger partial charge in [0.1, 0.15) is 0 Å². The van der Waals surface area contributed by atoms with Crippen LogP contribution in [0.2, 0.25) is 0 Å². The zero-order valence-corrected chi connectivity index (χ0v) is 9.85. The summed E-state index contributed by atoms with van der Waals surface area (Å²) in [5.74, 6) is 2.83. The van der Waals surface area contributed by atoms with E-state index in [1.165, 1.54) is 24.3 Å². The van der Waals surface area contributed by atoms with E-state index >= 15 is 0 Å². The maximum absolute atomic E-state index is 10.5. The molecule has 0 aromatic heterocycles. The van der Waals surface area contributed by atoms with Gasteiger partial charge in [0, 0.05) is 17.7 Å². The molecule has 5 heteroatoms. The molecule has 19 heavy (non-hydrogen) atoms. The molecule has 0 heterocycles. The van der Waals surface area contributed by atoms with Crippen molar-refractivity contribution in [2.75, 3.05) is 0 Å². The highest BCUT2D eigenvalue weighted by Gasteiger charge is 2.02. The summed E-state index contributed by atoms with van der Waals surface area (Å²) in [6.45, 7) is 0. The summed E-state index contributed by atoms with van der Waals surface area (Å²) >= 11 is 0. The van der Waals surface area contributed by atoms with E-state index in [1.54, 1.807) is 0 Å². The van der Waals surface area contributed by atoms with E-state index in [1.807, 2.05) is 30.3 Å². The first-order chi connectivity index (χ1) is 9.25. The van der Waals surface area contributed by atoms with Crippen LogP contribution in [-0.2, 0) is 0 Å². The summed E-state index contributed by atoms with van der Waals surface area (Å²) in [5.41, 5.74) is 1.40. The molecule has 0 spiro atoms. The Bertz CT molecular complexity index is 653. The Balaban J connectivity index is 2.04. The monoisotopic (exact) mass is 251 g/mol. The van der Waals surface area contributed by atoms with Crippen molar-refractivity contribution in [1.29, 1.82) is 0 Å². The average molecular weight is 251 g/mol. The molecule has 0 fully saturated rings. The van der Waals surface area contributed by atoms with Crippen molar-refractivity contribution in [3.63, 3.8) is 0 Å². The maximum Gasteiger partial charge on any atom is 0.269 e. The van der Waals surface area contributed by atoms with Crippen molar-refractivity contribution in [2.24, 2.45) is 10.2 Å². The molecule has 0 N–H and O–H groups in total. The largest absolute Gasteiger partial charge is 0.269 e. The van der Waals surface area contributed by atoms with Gasteiger partial charge in [0.15, 0.2) is 0 Å².